The minimum absolute atomic E-state index is 0.0840. The molecule has 9 nitrogen and oxygen atoms in total. The number of aryl methyl sites for hydroxylation is 2. The van der Waals surface area contributed by atoms with Crippen LogP contribution in [0.5, 0.6) is 0 Å². The van der Waals surface area contributed by atoms with Gasteiger partial charge >= 0.3 is 11.7 Å². The Labute approximate surface area is 162 Å². The van der Waals surface area contributed by atoms with E-state index in [0.717, 1.165) is 10.1 Å². The Hall–Kier alpha value is -3.33. The van der Waals surface area contributed by atoms with Crippen molar-refractivity contribution in [3.05, 3.63) is 67.6 Å². The highest BCUT2D eigenvalue weighted by atomic mass is 35.5. The molecule has 0 fully saturated rings. The Morgan fingerprint density at radius 2 is 1.86 bits per heavy atom. The monoisotopic (exact) mass is 401 g/mol. The lowest BCUT2D eigenvalue weighted by molar-refractivity contribution is -0.137. The number of hydrogen-bond donors (Lipinski definition) is 1. The number of carbonyl (C=O) groups is 1. The van der Waals surface area contributed by atoms with Crippen LogP contribution in [0.3, 0.4) is 0 Å². The average Bonchev–Trinajstić information content (AvgIpc) is 3.15. The van der Waals surface area contributed by atoms with Crippen LogP contribution in [-0.2, 0) is 24.9 Å². The van der Waals surface area contributed by atoms with E-state index in [2.05, 4.69) is 4.98 Å². The number of imidazole rings is 2. The van der Waals surface area contributed by atoms with Crippen LogP contribution < -0.4 is 11.2 Å². The number of carboxylic acids is 1. The summed E-state index contributed by atoms with van der Waals surface area (Å²) in [5.74, 6) is -0.728. The van der Waals surface area contributed by atoms with Crippen LogP contribution in [0, 0.1) is 6.92 Å². The molecule has 4 rings (SSSR count). The fraction of sp³-hybridized carbons (Fsp3) is 0.222. The number of aromatic nitrogens is 5. The Kier molecular flexibility index (Phi) is 4.11. The van der Waals surface area contributed by atoms with Crippen LogP contribution in [-0.4, -0.2) is 34.2 Å². The van der Waals surface area contributed by atoms with E-state index in [1.54, 1.807) is 37.4 Å². The van der Waals surface area contributed by atoms with Crippen LogP contribution in [0.15, 0.2) is 40.1 Å². The van der Waals surface area contributed by atoms with E-state index in [0.29, 0.717) is 16.5 Å². The molecule has 0 saturated carbocycles. The first-order chi connectivity index (χ1) is 13.3. The van der Waals surface area contributed by atoms with Gasteiger partial charge in [-0.15, -0.1) is 0 Å². The first-order valence-electron chi connectivity index (χ1n) is 8.42. The summed E-state index contributed by atoms with van der Waals surface area (Å²) in [7, 11) is 1.53. The number of benzene rings is 1. The number of fused-ring (bicyclic) bond motifs is 3. The topological polar surface area (TPSA) is 104 Å². The summed E-state index contributed by atoms with van der Waals surface area (Å²) in [4.78, 5) is 41.4. The van der Waals surface area contributed by atoms with Crippen LogP contribution in [0.1, 0.15) is 11.3 Å². The van der Waals surface area contributed by atoms with Crippen molar-refractivity contribution in [3.63, 3.8) is 0 Å². The SMILES string of the molecule is Cc1cn2c3c(=O)n(Cc4ccc(Cl)cc4)c(=O)n(C)c3nc2n1CC(=O)O. The molecule has 28 heavy (non-hydrogen) atoms. The molecule has 0 amide bonds. The fourth-order valence-electron chi connectivity index (χ4n) is 3.30. The highest BCUT2D eigenvalue weighted by Gasteiger charge is 2.21. The molecule has 0 aliphatic heterocycles. The van der Waals surface area contributed by atoms with E-state index in [4.69, 9.17) is 16.7 Å². The normalized spacial score (nSPS) is 11.5. The molecule has 0 spiro atoms. The second kappa shape index (κ2) is 6.38. The first kappa shape index (κ1) is 18.1. The summed E-state index contributed by atoms with van der Waals surface area (Å²) in [5.41, 5.74) is 0.824. The van der Waals surface area contributed by atoms with Gasteiger partial charge in [-0.05, 0) is 24.6 Å². The third-order valence-corrected chi connectivity index (χ3v) is 4.94. The molecule has 0 radical (unpaired) electrons. The lowest BCUT2D eigenvalue weighted by Crippen LogP contribution is -2.39. The van der Waals surface area contributed by atoms with Gasteiger partial charge in [0.15, 0.2) is 11.2 Å². The predicted octanol–water partition coefficient (Wildman–Crippen LogP) is 1.24. The smallest absolute Gasteiger partial charge is 0.332 e. The summed E-state index contributed by atoms with van der Waals surface area (Å²) in [6.07, 6.45) is 1.64. The fourth-order valence-corrected chi connectivity index (χ4v) is 3.42. The van der Waals surface area contributed by atoms with Crippen molar-refractivity contribution >= 4 is 34.5 Å². The zero-order valence-electron chi connectivity index (χ0n) is 15.1. The molecule has 10 heteroatoms. The standard InChI is InChI=1S/C18H16ClN5O4/c1-10-7-23-14-15(20-17(23)22(10)9-13(25)26)21(2)18(28)24(16(14)27)8-11-3-5-12(19)6-4-11/h3-7H,8-9H2,1-2H3,(H,25,26). The molecule has 4 aromatic rings. The molecule has 144 valence electrons. The van der Waals surface area contributed by atoms with Gasteiger partial charge in [-0.3, -0.25) is 23.1 Å². The minimum atomic E-state index is -1.03. The van der Waals surface area contributed by atoms with Crippen molar-refractivity contribution in [1.82, 2.24) is 23.1 Å². The molecule has 0 saturated heterocycles. The molecular formula is C18H16ClN5O4. The largest absolute Gasteiger partial charge is 0.480 e. The van der Waals surface area contributed by atoms with E-state index < -0.39 is 17.2 Å². The van der Waals surface area contributed by atoms with Crippen molar-refractivity contribution in [3.8, 4) is 0 Å². The molecule has 0 aliphatic rings. The maximum absolute atomic E-state index is 13.1. The second-order valence-electron chi connectivity index (χ2n) is 6.56. The van der Waals surface area contributed by atoms with Gasteiger partial charge in [-0.1, -0.05) is 23.7 Å². The Bertz CT molecular complexity index is 1360. The van der Waals surface area contributed by atoms with E-state index in [1.165, 1.54) is 20.6 Å². The van der Waals surface area contributed by atoms with E-state index in [-0.39, 0.29) is 24.3 Å². The van der Waals surface area contributed by atoms with Crippen molar-refractivity contribution in [2.45, 2.75) is 20.0 Å². The number of rotatable bonds is 4. The molecule has 0 bridgehead atoms. The maximum atomic E-state index is 13.1. The molecule has 1 aromatic carbocycles. The Balaban J connectivity index is 1.99. The number of nitrogens with zero attached hydrogens (tertiary/aromatic N) is 5. The Morgan fingerprint density at radius 3 is 2.50 bits per heavy atom. The quantitative estimate of drug-likeness (QED) is 0.554. The lowest BCUT2D eigenvalue weighted by Gasteiger charge is -2.08. The summed E-state index contributed by atoms with van der Waals surface area (Å²) in [6, 6.07) is 6.88. The van der Waals surface area contributed by atoms with E-state index in [1.807, 2.05) is 0 Å². The van der Waals surface area contributed by atoms with E-state index >= 15 is 0 Å². The molecule has 1 N–H and O–H groups in total. The molecule has 3 aromatic heterocycles. The Morgan fingerprint density at radius 1 is 1.18 bits per heavy atom. The van der Waals surface area contributed by atoms with Crippen molar-refractivity contribution in [2.75, 3.05) is 0 Å². The van der Waals surface area contributed by atoms with Gasteiger partial charge in [0, 0.05) is 24.0 Å². The molecule has 0 atom stereocenters. The highest BCUT2D eigenvalue weighted by Crippen LogP contribution is 2.16. The summed E-state index contributed by atoms with van der Waals surface area (Å²) in [5, 5.41) is 9.70. The third kappa shape index (κ3) is 2.71. The number of carboxylic acid groups (broad SMARTS) is 1. The zero-order chi connectivity index (χ0) is 20.2. The van der Waals surface area contributed by atoms with Crippen molar-refractivity contribution in [2.24, 2.45) is 7.05 Å². The highest BCUT2D eigenvalue weighted by molar-refractivity contribution is 6.30. The molecule has 0 aliphatic carbocycles. The molecule has 0 unspecified atom stereocenters. The van der Waals surface area contributed by atoms with Crippen molar-refractivity contribution < 1.29 is 9.90 Å². The van der Waals surface area contributed by atoms with Gasteiger partial charge in [0.05, 0.1) is 6.54 Å². The lowest BCUT2D eigenvalue weighted by atomic mass is 10.2. The van der Waals surface area contributed by atoms with Crippen LogP contribution >= 0.6 is 11.6 Å². The predicted molar refractivity (Wildman–Crippen MR) is 103 cm³/mol. The first-order valence-corrected chi connectivity index (χ1v) is 8.79. The maximum Gasteiger partial charge on any atom is 0.332 e. The van der Waals surface area contributed by atoms with Gasteiger partial charge in [0.25, 0.3) is 5.56 Å². The number of hydrogen-bond acceptors (Lipinski definition) is 4. The van der Waals surface area contributed by atoms with E-state index in [9.17, 15) is 14.4 Å². The molecule has 3 heterocycles. The van der Waals surface area contributed by atoms with Gasteiger partial charge in [-0.2, -0.15) is 4.98 Å². The van der Waals surface area contributed by atoms with Crippen LogP contribution in [0.25, 0.3) is 16.9 Å². The van der Waals surface area contributed by atoms with Crippen LogP contribution in [0.2, 0.25) is 5.02 Å². The minimum Gasteiger partial charge on any atom is -0.480 e. The van der Waals surface area contributed by atoms with Gasteiger partial charge in [0.1, 0.15) is 6.54 Å². The summed E-state index contributed by atoms with van der Waals surface area (Å²) in [6.45, 7) is 1.52. The van der Waals surface area contributed by atoms with Gasteiger partial charge in [0.2, 0.25) is 5.78 Å². The number of halogens is 1. The summed E-state index contributed by atoms with van der Waals surface area (Å²) >= 11 is 5.89. The van der Waals surface area contributed by atoms with Crippen LogP contribution in [0.4, 0.5) is 0 Å². The average molecular weight is 402 g/mol. The van der Waals surface area contributed by atoms with Gasteiger partial charge in [-0.25, -0.2) is 4.79 Å². The summed E-state index contributed by atoms with van der Waals surface area (Å²) < 4.78 is 5.44. The third-order valence-electron chi connectivity index (χ3n) is 4.69. The second-order valence-corrected chi connectivity index (χ2v) is 7.00. The molecular weight excluding hydrogens is 386 g/mol. The number of aliphatic carboxylic acids is 1. The zero-order valence-corrected chi connectivity index (χ0v) is 15.8. The van der Waals surface area contributed by atoms with Gasteiger partial charge < -0.3 is 9.67 Å². The van der Waals surface area contributed by atoms with Crippen molar-refractivity contribution in [1.29, 1.82) is 0 Å².